The molecular formula is C23H24F3N7O2. The Balaban J connectivity index is 1.75. The Hall–Kier alpha value is -3.96. The minimum Gasteiger partial charge on any atom is -0.444 e. The van der Waals surface area contributed by atoms with Crippen LogP contribution in [0.5, 0.6) is 0 Å². The van der Waals surface area contributed by atoms with Crippen LogP contribution in [0.2, 0.25) is 0 Å². The highest BCUT2D eigenvalue weighted by atomic mass is 19.4. The number of fused-ring (bicyclic) bond motifs is 1. The number of tetrazole rings is 1. The Kier molecular flexibility index (Phi) is 5.78. The lowest BCUT2D eigenvalue weighted by Gasteiger charge is -2.21. The van der Waals surface area contributed by atoms with E-state index in [1.807, 2.05) is 26.0 Å². The average Bonchev–Trinajstić information content (AvgIpc) is 3.42. The third-order valence-electron chi connectivity index (χ3n) is 5.38. The summed E-state index contributed by atoms with van der Waals surface area (Å²) in [6, 6.07) is 9.43. The fraction of sp³-hybridized carbons (Fsp3) is 0.348. The van der Waals surface area contributed by atoms with Crippen molar-refractivity contribution in [1.82, 2.24) is 30.4 Å². The molecule has 0 spiro atoms. The Bertz CT molecular complexity index is 1350. The van der Waals surface area contributed by atoms with Crippen molar-refractivity contribution < 1.29 is 22.7 Å². The topological polar surface area (TPSA) is 111 Å². The van der Waals surface area contributed by atoms with Crippen molar-refractivity contribution in [3.05, 3.63) is 59.5 Å². The predicted molar refractivity (Wildman–Crippen MR) is 122 cm³/mol. The molecule has 0 unspecified atom stereocenters. The van der Waals surface area contributed by atoms with E-state index in [2.05, 4.69) is 31.0 Å². The summed E-state index contributed by atoms with van der Waals surface area (Å²) >= 11 is 0. The molecule has 2 heterocycles. The largest absolute Gasteiger partial charge is 0.444 e. The molecule has 0 saturated heterocycles. The predicted octanol–water partition coefficient (Wildman–Crippen LogP) is 5.23. The van der Waals surface area contributed by atoms with Crippen LogP contribution in [0.15, 0.2) is 42.6 Å². The molecule has 0 aliphatic carbocycles. The molecule has 12 heteroatoms. The molecule has 4 rings (SSSR count). The molecule has 1 amide bonds. The lowest BCUT2D eigenvalue weighted by atomic mass is 9.84. The number of carbonyl (C=O) groups excluding carboxylic acids is 1. The number of carbonyl (C=O) groups is 1. The Morgan fingerprint density at radius 3 is 2.31 bits per heavy atom. The summed E-state index contributed by atoms with van der Waals surface area (Å²) < 4.78 is 48.1. The quantitative estimate of drug-likeness (QED) is 0.408. The van der Waals surface area contributed by atoms with Crippen molar-refractivity contribution in [3.8, 4) is 5.69 Å². The van der Waals surface area contributed by atoms with Gasteiger partial charge in [0.15, 0.2) is 5.82 Å². The molecule has 4 aromatic rings. The average molecular weight is 487 g/mol. The molecule has 0 radical (unpaired) electrons. The zero-order chi connectivity index (χ0) is 25.6. The van der Waals surface area contributed by atoms with Crippen LogP contribution in [0.4, 0.5) is 23.7 Å². The summed E-state index contributed by atoms with van der Waals surface area (Å²) in [6.45, 7) is 8.85. The van der Waals surface area contributed by atoms with Gasteiger partial charge in [-0.15, -0.1) is 10.2 Å². The first-order chi connectivity index (χ1) is 16.3. The number of aromatic nitrogens is 6. The van der Waals surface area contributed by atoms with Gasteiger partial charge in [0.1, 0.15) is 5.60 Å². The lowest BCUT2D eigenvalue weighted by Crippen LogP contribution is -2.27. The molecule has 0 aliphatic heterocycles. The molecule has 2 aromatic heterocycles. The van der Waals surface area contributed by atoms with Crippen molar-refractivity contribution in [1.29, 1.82) is 0 Å². The molecule has 184 valence electrons. The van der Waals surface area contributed by atoms with Gasteiger partial charge in [-0.3, -0.25) is 5.32 Å². The van der Waals surface area contributed by atoms with E-state index in [1.165, 1.54) is 10.7 Å². The number of halogens is 3. The molecule has 0 fully saturated rings. The molecule has 35 heavy (non-hydrogen) atoms. The van der Waals surface area contributed by atoms with Crippen LogP contribution in [0, 0.1) is 0 Å². The van der Waals surface area contributed by atoms with Crippen molar-refractivity contribution in [2.75, 3.05) is 5.32 Å². The number of hydrogen-bond donors (Lipinski definition) is 2. The summed E-state index contributed by atoms with van der Waals surface area (Å²) in [5.74, 6) is 0.502. The number of nitrogens with one attached hydrogen (secondary N) is 2. The van der Waals surface area contributed by atoms with E-state index in [0.29, 0.717) is 11.5 Å². The Morgan fingerprint density at radius 1 is 1.06 bits per heavy atom. The maximum absolute atomic E-state index is 13.8. The van der Waals surface area contributed by atoms with E-state index in [-0.39, 0.29) is 16.6 Å². The fourth-order valence-corrected chi connectivity index (χ4v) is 3.64. The van der Waals surface area contributed by atoms with Gasteiger partial charge < -0.3 is 4.74 Å². The van der Waals surface area contributed by atoms with Gasteiger partial charge in [0.05, 0.1) is 28.4 Å². The second-order valence-corrected chi connectivity index (χ2v) is 9.54. The number of alkyl halides is 3. The minimum absolute atomic E-state index is 0.0596. The molecule has 2 N–H and O–H groups in total. The summed E-state index contributed by atoms with van der Waals surface area (Å²) in [7, 11) is 0. The van der Waals surface area contributed by atoms with Gasteiger partial charge in [0.2, 0.25) is 0 Å². The van der Waals surface area contributed by atoms with Gasteiger partial charge in [-0.05, 0) is 64.4 Å². The number of ether oxygens (including phenoxy) is 1. The molecule has 9 nitrogen and oxygen atoms in total. The van der Waals surface area contributed by atoms with Crippen LogP contribution >= 0.6 is 0 Å². The number of rotatable bonds is 4. The number of hydrogen-bond acceptors (Lipinski definition) is 6. The summed E-state index contributed by atoms with van der Waals surface area (Å²) in [5.41, 5.74) is -0.739. The Labute approximate surface area is 198 Å². The minimum atomic E-state index is -4.66. The standard InChI is InChI=1S/C23H24F3N7O2/c1-21(2,3)35-20(34)28-14-10-17(23(24,25)26)16-12-27-33(18(16)11-14)15-8-6-13(7-9-15)22(4,5)19-29-31-32-30-19/h6-12H,1-5H3,(H,28,34)(H,29,30,31,32). The van der Waals surface area contributed by atoms with Gasteiger partial charge >= 0.3 is 12.3 Å². The SMILES string of the molecule is CC(C)(C)OC(=O)Nc1cc(C(F)(F)F)c2cnn(-c3ccc(C(C)(C)c4nn[nH]n4)cc3)c2c1. The number of nitrogens with zero attached hydrogens (tertiary/aromatic N) is 5. The number of benzene rings is 2. The summed E-state index contributed by atoms with van der Waals surface area (Å²) in [4.78, 5) is 12.2. The third kappa shape index (κ3) is 4.96. The van der Waals surface area contributed by atoms with Crippen molar-refractivity contribution >= 4 is 22.7 Å². The number of amides is 1. The summed E-state index contributed by atoms with van der Waals surface area (Å²) in [6.07, 6.45) is -4.35. The van der Waals surface area contributed by atoms with Crippen molar-refractivity contribution in [2.24, 2.45) is 0 Å². The van der Waals surface area contributed by atoms with E-state index in [0.717, 1.165) is 17.8 Å². The molecule has 0 bridgehead atoms. The first kappa shape index (κ1) is 24.2. The van der Waals surface area contributed by atoms with Crippen LogP contribution in [0.3, 0.4) is 0 Å². The maximum atomic E-state index is 13.8. The second-order valence-electron chi connectivity index (χ2n) is 9.54. The van der Waals surface area contributed by atoms with Crippen LogP contribution in [-0.4, -0.2) is 42.1 Å². The molecule has 0 saturated carbocycles. The summed E-state index contributed by atoms with van der Waals surface area (Å²) in [5, 5.41) is 20.6. The first-order valence-corrected chi connectivity index (χ1v) is 10.7. The normalized spacial score (nSPS) is 12.7. The van der Waals surface area contributed by atoms with E-state index >= 15 is 0 Å². The Morgan fingerprint density at radius 2 is 1.74 bits per heavy atom. The van der Waals surface area contributed by atoms with Crippen LogP contribution in [0.1, 0.15) is 51.6 Å². The van der Waals surface area contributed by atoms with Crippen molar-refractivity contribution in [2.45, 2.75) is 51.8 Å². The number of H-pyrrole nitrogens is 1. The zero-order valence-electron chi connectivity index (χ0n) is 19.7. The van der Waals surface area contributed by atoms with Gasteiger partial charge in [0.25, 0.3) is 0 Å². The number of anilines is 1. The molecular weight excluding hydrogens is 463 g/mol. The molecule has 0 aliphatic rings. The molecule has 0 atom stereocenters. The second kappa shape index (κ2) is 8.36. The first-order valence-electron chi connectivity index (χ1n) is 10.7. The van der Waals surface area contributed by atoms with Gasteiger partial charge in [-0.2, -0.15) is 23.5 Å². The number of aromatic amines is 1. The van der Waals surface area contributed by atoms with Gasteiger partial charge in [0, 0.05) is 11.1 Å². The highest BCUT2D eigenvalue weighted by molar-refractivity contribution is 5.92. The van der Waals surface area contributed by atoms with E-state index in [4.69, 9.17) is 4.74 Å². The van der Waals surface area contributed by atoms with Crippen LogP contribution in [-0.2, 0) is 16.3 Å². The van der Waals surface area contributed by atoms with Gasteiger partial charge in [-0.1, -0.05) is 17.3 Å². The third-order valence-corrected chi connectivity index (χ3v) is 5.38. The maximum Gasteiger partial charge on any atom is 0.417 e. The van der Waals surface area contributed by atoms with E-state index < -0.39 is 28.8 Å². The monoisotopic (exact) mass is 487 g/mol. The smallest absolute Gasteiger partial charge is 0.417 e. The van der Waals surface area contributed by atoms with Crippen LogP contribution < -0.4 is 5.32 Å². The fourth-order valence-electron chi connectivity index (χ4n) is 3.64. The molecule has 2 aromatic carbocycles. The highest BCUT2D eigenvalue weighted by Gasteiger charge is 2.34. The zero-order valence-corrected chi connectivity index (χ0v) is 19.7. The van der Waals surface area contributed by atoms with E-state index in [9.17, 15) is 18.0 Å². The van der Waals surface area contributed by atoms with Gasteiger partial charge in [-0.25, -0.2) is 9.48 Å². The van der Waals surface area contributed by atoms with Crippen LogP contribution in [0.25, 0.3) is 16.6 Å². The lowest BCUT2D eigenvalue weighted by molar-refractivity contribution is -0.136. The van der Waals surface area contributed by atoms with E-state index in [1.54, 1.807) is 32.9 Å². The van der Waals surface area contributed by atoms with Crippen molar-refractivity contribution in [3.63, 3.8) is 0 Å². The highest BCUT2D eigenvalue weighted by Crippen LogP contribution is 2.38.